The van der Waals surface area contributed by atoms with E-state index in [1.165, 1.54) is 12.1 Å². The van der Waals surface area contributed by atoms with Crippen LogP contribution in [0, 0.1) is 0 Å². The zero-order valence-corrected chi connectivity index (χ0v) is 16.4. The summed E-state index contributed by atoms with van der Waals surface area (Å²) >= 11 is 0. The van der Waals surface area contributed by atoms with Gasteiger partial charge in [0, 0.05) is 23.4 Å². The third-order valence-electron chi connectivity index (χ3n) is 4.97. The Kier molecular flexibility index (Phi) is 4.41. The highest BCUT2D eigenvalue weighted by Gasteiger charge is 2.19. The van der Waals surface area contributed by atoms with Gasteiger partial charge in [0.15, 0.2) is 11.5 Å². The van der Waals surface area contributed by atoms with E-state index in [2.05, 4.69) is 10.8 Å². The zero-order chi connectivity index (χ0) is 19.8. The second kappa shape index (κ2) is 7.09. The first-order valence-electron chi connectivity index (χ1n) is 9.40. The Bertz CT molecular complexity index is 1310. The van der Waals surface area contributed by atoms with Gasteiger partial charge in [-0.25, -0.2) is 13.1 Å². The zero-order valence-electron chi connectivity index (χ0n) is 15.6. The summed E-state index contributed by atoms with van der Waals surface area (Å²) in [4.78, 5) is 0.165. The molecule has 29 heavy (non-hydrogen) atoms. The predicted molar refractivity (Wildman–Crippen MR) is 110 cm³/mol. The molecule has 0 unspecified atom stereocenters. The van der Waals surface area contributed by atoms with Crippen LogP contribution in [0.5, 0.6) is 11.5 Å². The molecule has 148 valence electrons. The van der Waals surface area contributed by atoms with Crippen LogP contribution < -0.4 is 14.2 Å². The molecule has 6 nitrogen and oxygen atoms in total. The number of hydrogen-bond donors (Lipinski definition) is 1. The molecule has 0 radical (unpaired) electrons. The van der Waals surface area contributed by atoms with Crippen LogP contribution in [-0.2, 0) is 16.4 Å². The summed E-state index contributed by atoms with van der Waals surface area (Å²) in [7, 11) is -3.63. The van der Waals surface area contributed by atoms with Crippen LogP contribution in [0.15, 0.2) is 70.0 Å². The molecule has 1 N–H and O–H groups in total. The monoisotopic (exact) mass is 409 g/mol. The standard InChI is InChI=1S/C22H19NO5S/c24-29(25,16-6-8-21-22(14-16)27-12-11-26-21)23-10-9-15-5-7-20-18(13-15)17-3-1-2-4-19(17)28-20/h1-8,13-14,23H,9-12H2. The first-order valence-corrected chi connectivity index (χ1v) is 10.9. The summed E-state index contributed by atoms with van der Waals surface area (Å²) in [5.41, 5.74) is 2.71. The third kappa shape index (κ3) is 3.43. The predicted octanol–water partition coefficient (Wildman–Crippen LogP) is 3.88. The van der Waals surface area contributed by atoms with E-state index in [1.54, 1.807) is 6.07 Å². The highest BCUT2D eigenvalue weighted by molar-refractivity contribution is 7.89. The van der Waals surface area contributed by atoms with Gasteiger partial charge in [0.2, 0.25) is 10.0 Å². The molecular weight excluding hydrogens is 390 g/mol. The largest absolute Gasteiger partial charge is 0.486 e. The summed E-state index contributed by atoms with van der Waals surface area (Å²) in [6, 6.07) is 18.5. The molecule has 0 amide bonds. The maximum Gasteiger partial charge on any atom is 0.240 e. The number of sulfonamides is 1. The summed E-state index contributed by atoms with van der Waals surface area (Å²) in [6.07, 6.45) is 0.569. The van der Waals surface area contributed by atoms with E-state index < -0.39 is 10.0 Å². The Morgan fingerprint density at radius 1 is 0.828 bits per heavy atom. The Morgan fingerprint density at radius 2 is 1.62 bits per heavy atom. The Labute approximate surface area is 168 Å². The number of nitrogens with one attached hydrogen (secondary N) is 1. The average molecular weight is 409 g/mol. The molecule has 0 atom stereocenters. The van der Waals surface area contributed by atoms with Crippen LogP contribution in [0.3, 0.4) is 0 Å². The maximum absolute atomic E-state index is 12.6. The van der Waals surface area contributed by atoms with Crippen LogP contribution in [0.2, 0.25) is 0 Å². The number of furan rings is 1. The molecule has 0 bridgehead atoms. The molecule has 2 heterocycles. The quantitative estimate of drug-likeness (QED) is 0.541. The molecule has 1 aromatic heterocycles. The minimum Gasteiger partial charge on any atom is -0.486 e. The molecule has 1 aliphatic heterocycles. The molecule has 7 heteroatoms. The Morgan fingerprint density at radius 3 is 2.52 bits per heavy atom. The van der Waals surface area contributed by atoms with E-state index in [0.717, 1.165) is 27.5 Å². The summed E-state index contributed by atoms with van der Waals surface area (Å²) in [5, 5.41) is 2.09. The van der Waals surface area contributed by atoms with E-state index in [0.29, 0.717) is 31.1 Å². The Hall–Kier alpha value is -3.03. The van der Waals surface area contributed by atoms with Gasteiger partial charge in [-0.1, -0.05) is 24.3 Å². The second-order valence-corrected chi connectivity index (χ2v) is 8.65. The normalized spacial score (nSPS) is 13.8. The van der Waals surface area contributed by atoms with Crippen LogP contribution in [0.25, 0.3) is 21.9 Å². The van der Waals surface area contributed by atoms with Crippen molar-refractivity contribution in [2.45, 2.75) is 11.3 Å². The Balaban J connectivity index is 1.32. The number of benzene rings is 3. The fourth-order valence-electron chi connectivity index (χ4n) is 3.53. The van der Waals surface area contributed by atoms with Gasteiger partial charge in [-0.3, -0.25) is 0 Å². The lowest BCUT2D eigenvalue weighted by molar-refractivity contribution is 0.171. The molecule has 4 aromatic rings. The second-order valence-electron chi connectivity index (χ2n) is 6.88. The number of ether oxygens (including phenoxy) is 2. The van der Waals surface area contributed by atoms with Gasteiger partial charge in [0.25, 0.3) is 0 Å². The number of para-hydroxylation sites is 1. The summed E-state index contributed by atoms with van der Waals surface area (Å²) in [6.45, 7) is 1.17. The van der Waals surface area contributed by atoms with Crippen LogP contribution in [-0.4, -0.2) is 28.2 Å². The molecule has 0 saturated carbocycles. The van der Waals surface area contributed by atoms with Crippen molar-refractivity contribution in [3.63, 3.8) is 0 Å². The van der Waals surface area contributed by atoms with Gasteiger partial charge in [-0.15, -0.1) is 0 Å². The molecule has 1 aliphatic rings. The van der Waals surface area contributed by atoms with Crippen molar-refractivity contribution in [1.29, 1.82) is 0 Å². The SMILES string of the molecule is O=S(=O)(NCCc1ccc2oc3ccccc3c2c1)c1ccc2c(c1)OCCO2. The van der Waals surface area contributed by atoms with Crippen molar-refractivity contribution >= 4 is 32.0 Å². The van der Waals surface area contributed by atoms with E-state index in [4.69, 9.17) is 13.9 Å². The van der Waals surface area contributed by atoms with Gasteiger partial charge < -0.3 is 13.9 Å². The fraction of sp³-hybridized carbons (Fsp3) is 0.182. The van der Waals surface area contributed by atoms with Gasteiger partial charge in [0.05, 0.1) is 4.90 Å². The van der Waals surface area contributed by atoms with Crippen LogP contribution in [0.4, 0.5) is 0 Å². The molecular formula is C22H19NO5S. The van der Waals surface area contributed by atoms with E-state index in [-0.39, 0.29) is 11.4 Å². The molecule has 0 saturated heterocycles. The molecule has 0 fully saturated rings. The highest BCUT2D eigenvalue weighted by Crippen LogP contribution is 2.32. The van der Waals surface area contributed by atoms with Gasteiger partial charge in [-0.2, -0.15) is 0 Å². The van der Waals surface area contributed by atoms with Crippen molar-refractivity contribution in [1.82, 2.24) is 4.72 Å². The number of hydrogen-bond acceptors (Lipinski definition) is 5. The first kappa shape index (κ1) is 18.0. The summed E-state index contributed by atoms with van der Waals surface area (Å²) in [5.74, 6) is 1.02. The lowest BCUT2D eigenvalue weighted by atomic mass is 10.1. The maximum atomic E-state index is 12.6. The number of fused-ring (bicyclic) bond motifs is 4. The highest BCUT2D eigenvalue weighted by atomic mass is 32.2. The van der Waals surface area contributed by atoms with Crippen LogP contribution >= 0.6 is 0 Å². The van der Waals surface area contributed by atoms with Gasteiger partial charge in [0.1, 0.15) is 24.4 Å². The molecule has 3 aromatic carbocycles. The minimum atomic E-state index is -3.63. The fourth-order valence-corrected chi connectivity index (χ4v) is 4.58. The summed E-state index contributed by atoms with van der Waals surface area (Å²) < 4.78 is 44.7. The van der Waals surface area contributed by atoms with Crippen molar-refractivity contribution in [3.05, 3.63) is 66.2 Å². The lowest BCUT2D eigenvalue weighted by Crippen LogP contribution is -2.26. The van der Waals surface area contributed by atoms with E-state index >= 15 is 0 Å². The molecule has 0 spiro atoms. The van der Waals surface area contributed by atoms with Crippen molar-refractivity contribution in [2.75, 3.05) is 19.8 Å². The van der Waals surface area contributed by atoms with Gasteiger partial charge >= 0.3 is 0 Å². The molecule has 5 rings (SSSR count). The minimum absolute atomic E-state index is 0.165. The average Bonchev–Trinajstić information content (AvgIpc) is 3.11. The third-order valence-corrected chi connectivity index (χ3v) is 6.43. The van der Waals surface area contributed by atoms with Crippen molar-refractivity contribution in [2.24, 2.45) is 0 Å². The van der Waals surface area contributed by atoms with Crippen LogP contribution in [0.1, 0.15) is 5.56 Å². The smallest absolute Gasteiger partial charge is 0.240 e. The van der Waals surface area contributed by atoms with E-state index in [9.17, 15) is 8.42 Å². The lowest BCUT2D eigenvalue weighted by Gasteiger charge is -2.18. The van der Waals surface area contributed by atoms with Crippen molar-refractivity contribution in [3.8, 4) is 11.5 Å². The van der Waals surface area contributed by atoms with E-state index in [1.807, 2.05) is 36.4 Å². The van der Waals surface area contributed by atoms with Gasteiger partial charge in [-0.05, 0) is 42.3 Å². The topological polar surface area (TPSA) is 77.8 Å². The number of rotatable bonds is 5. The molecule has 0 aliphatic carbocycles. The first-order chi connectivity index (χ1) is 14.1. The van der Waals surface area contributed by atoms with Crippen molar-refractivity contribution < 1.29 is 22.3 Å².